The maximum Gasteiger partial charge on any atom is 0.255 e. The van der Waals surface area contributed by atoms with Crippen LogP contribution in [0.15, 0.2) is 12.1 Å². The van der Waals surface area contributed by atoms with Gasteiger partial charge in [-0.15, -0.1) is 0 Å². The van der Waals surface area contributed by atoms with Crippen molar-refractivity contribution in [3.8, 4) is 5.75 Å². The number of benzene rings is 1. The van der Waals surface area contributed by atoms with E-state index in [2.05, 4.69) is 5.32 Å². The third-order valence-corrected chi connectivity index (χ3v) is 3.73. The maximum atomic E-state index is 12.0. The average molecular weight is 290 g/mol. The minimum absolute atomic E-state index is 0.0134. The van der Waals surface area contributed by atoms with Gasteiger partial charge in [0.25, 0.3) is 5.91 Å². The van der Waals surface area contributed by atoms with Gasteiger partial charge in [0.2, 0.25) is 0 Å². The van der Waals surface area contributed by atoms with E-state index in [9.17, 15) is 15.0 Å². The van der Waals surface area contributed by atoms with Gasteiger partial charge in [-0.3, -0.25) is 4.79 Å². The van der Waals surface area contributed by atoms with Crippen molar-refractivity contribution in [3.05, 3.63) is 27.7 Å². The van der Waals surface area contributed by atoms with Crippen molar-refractivity contribution >= 4 is 29.1 Å². The second-order valence-corrected chi connectivity index (χ2v) is 5.41. The number of aliphatic hydroxyl groups excluding tert-OH is 1. The van der Waals surface area contributed by atoms with E-state index in [-0.39, 0.29) is 21.4 Å². The number of aromatic hydroxyl groups is 1. The highest BCUT2D eigenvalue weighted by atomic mass is 35.5. The highest BCUT2D eigenvalue weighted by Crippen LogP contribution is 2.39. The van der Waals surface area contributed by atoms with E-state index in [4.69, 9.17) is 23.2 Å². The molecule has 0 aromatic heterocycles. The van der Waals surface area contributed by atoms with Crippen molar-refractivity contribution in [2.75, 3.05) is 0 Å². The Hall–Kier alpha value is -0.970. The van der Waals surface area contributed by atoms with Gasteiger partial charge in [-0.05, 0) is 31.9 Å². The van der Waals surface area contributed by atoms with Crippen molar-refractivity contribution in [1.29, 1.82) is 0 Å². The van der Waals surface area contributed by atoms with Gasteiger partial charge in [-0.2, -0.15) is 0 Å². The number of phenols is 1. The number of hydrogen-bond acceptors (Lipinski definition) is 3. The predicted molar refractivity (Wildman–Crippen MR) is 69.2 cm³/mol. The summed E-state index contributed by atoms with van der Waals surface area (Å²) in [5.41, 5.74) is -0.572. The van der Waals surface area contributed by atoms with Crippen LogP contribution < -0.4 is 5.32 Å². The second kappa shape index (κ2) is 4.61. The normalized spacial score (nSPS) is 18.2. The Labute approximate surface area is 115 Å². The fraction of sp³-hybridized carbons (Fsp3) is 0.417. The lowest BCUT2D eigenvalue weighted by atomic mass is 10.1. The molecule has 1 atom stereocenters. The summed E-state index contributed by atoms with van der Waals surface area (Å²) in [7, 11) is 0. The molecule has 4 nitrogen and oxygen atoms in total. The quantitative estimate of drug-likeness (QED) is 0.800. The van der Waals surface area contributed by atoms with Gasteiger partial charge < -0.3 is 15.5 Å². The van der Waals surface area contributed by atoms with Crippen LogP contribution >= 0.6 is 23.2 Å². The molecule has 0 bridgehead atoms. The number of hydrogen-bond donors (Lipinski definition) is 3. The second-order valence-electron chi connectivity index (χ2n) is 4.57. The molecule has 3 N–H and O–H groups in total. The molecule has 0 spiro atoms. The first-order valence-corrected chi connectivity index (χ1v) is 6.30. The molecule has 0 aliphatic heterocycles. The first-order chi connectivity index (χ1) is 8.35. The minimum Gasteiger partial charge on any atom is -0.506 e. The van der Waals surface area contributed by atoms with Crippen LogP contribution in [0, 0.1) is 0 Å². The van der Waals surface area contributed by atoms with Crippen LogP contribution in [0.25, 0.3) is 0 Å². The average Bonchev–Trinajstić information content (AvgIpc) is 3.04. The van der Waals surface area contributed by atoms with Crippen molar-refractivity contribution in [3.63, 3.8) is 0 Å². The van der Waals surface area contributed by atoms with Crippen LogP contribution in [-0.2, 0) is 0 Å². The number of amides is 1. The maximum absolute atomic E-state index is 12.0. The zero-order valence-corrected chi connectivity index (χ0v) is 11.2. The molecule has 0 radical (unpaired) electrons. The molecule has 0 heterocycles. The van der Waals surface area contributed by atoms with E-state index in [0.29, 0.717) is 12.8 Å². The number of carbonyl (C=O) groups excluding carboxylic acids is 1. The molecule has 1 aliphatic rings. The summed E-state index contributed by atoms with van der Waals surface area (Å²) in [6.45, 7) is 1.62. The third-order valence-electron chi connectivity index (χ3n) is 3.22. The van der Waals surface area contributed by atoms with Crippen LogP contribution in [0.4, 0.5) is 0 Å². The zero-order valence-electron chi connectivity index (χ0n) is 9.70. The van der Waals surface area contributed by atoms with E-state index in [0.717, 1.165) is 0 Å². The Kier molecular flexibility index (Phi) is 3.45. The molecular formula is C12H13Cl2NO3. The Morgan fingerprint density at radius 3 is 2.56 bits per heavy atom. The molecule has 1 unspecified atom stereocenters. The lowest BCUT2D eigenvalue weighted by Gasteiger charge is -2.20. The highest BCUT2D eigenvalue weighted by Gasteiger charge is 2.48. The molecular weight excluding hydrogens is 277 g/mol. The van der Waals surface area contributed by atoms with E-state index in [1.54, 1.807) is 6.92 Å². The summed E-state index contributed by atoms with van der Waals surface area (Å²) >= 11 is 11.5. The minimum atomic E-state index is -0.641. The fourth-order valence-corrected chi connectivity index (χ4v) is 2.31. The molecule has 1 saturated carbocycles. The topological polar surface area (TPSA) is 69.6 Å². The molecule has 2 rings (SSSR count). The summed E-state index contributed by atoms with van der Waals surface area (Å²) in [6, 6.07) is 2.70. The standard InChI is InChI=1S/C12H13Cl2NO3/c1-6(16)12(2-3-12)15-11(18)8-4-7(13)5-9(14)10(8)17/h4-6,16-17H,2-3H2,1H3,(H,15,18). The first-order valence-electron chi connectivity index (χ1n) is 5.54. The lowest BCUT2D eigenvalue weighted by Crippen LogP contribution is -2.44. The van der Waals surface area contributed by atoms with Crippen LogP contribution in [0.3, 0.4) is 0 Å². The number of carbonyl (C=O) groups is 1. The molecule has 98 valence electrons. The van der Waals surface area contributed by atoms with Crippen molar-refractivity contribution in [2.45, 2.75) is 31.4 Å². The smallest absolute Gasteiger partial charge is 0.255 e. The Balaban J connectivity index is 2.25. The number of nitrogens with one attached hydrogen (secondary N) is 1. The fourth-order valence-electron chi connectivity index (χ4n) is 1.81. The van der Waals surface area contributed by atoms with Gasteiger partial charge in [-0.1, -0.05) is 23.2 Å². The molecule has 1 amide bonds. The van der Waals surface area contributed by atoms with Crippen molar-refractivity contribution < 1.29 is 15.0 Å². The summed E-state index contributed by atoms with van der Waals surface area (Å²) in [4.78, 5) is 12.0. The van der Waals surface area contributed by atoms with Crippen molar-refractivity contribution in [1.82, 2.24) is 5.32 Å². The number of rotatable bonds is 3. The van der Waals surface area contributed by atoms with Gasteiger partial charge in [0.05, 0.1) is 22.2 Å². The third kappa shape index (κ3) is 2.41. The number of phenolic OH excluding ortho intramolecular Hbond substituents is 1. The molecule has 0 saturated heterocycles. The van der Waals surface area contributed by atoms with Crippen LogP contribution in [0.5, 0.6) is 5.75 Å². The van der Waals surface area contributed by atoms with E-state index >= 15 is 0 Å². The summed E-state index contributed by atoms with van der Waals surface area (Å²) in [6.07, 6.45) is 0.787. The Morgan fingerprint density at radius 1 is 1.44 bits per heavy atom. The lowest BCUT2D eigenvalue weighted by molar-refractivity contribution is 0.0828. The van der Waals surface area contributed by atoms with Gasteiger partial charge in [0.1, 0.15) is 5.75 Å². The summed E-state index contributed by atoms with van der Waals surface area (Å²) < 4.78 is 0. The van der Waals surface area contributed by atoms with E-state index in [1.807, 2.05) is 0 Å². The molecule has 18 heavy (non-hydrogen) atoms. The van der Waals surface area contributed by atoms with Gasteiger partial charge in [0.15, 0.2) is 0 Å². The van der Waals surface area contributed by atoms with Crippen molar-refractivity contribution in [2.24, 2.45) is 0 Å². The Morgan fingerprint density at radius 2 is 2.06 bits per heavy atom. The number of aliphatic hydroxyl groups is 1. The summed E-state index contributed by atoms with van der Waals surface area (Å²) in [5.74, 6) is -0.796. The largest absolute Gasteiger partial charge is 0.506 e. The highest BCUT2D eigenvalue weighted by molar-refractivity contribution is 6.36. The number of halogens is 2. The molecule has 1 aromatic rings. The molecule has 6 heteroatoms. The molecule has 1 aliphatic carbocycles. The van der Waals surface area contributed by atoms with Gasteiger partial charge in [0, 0.05) is 5.02 Å². The van der Waals surface area contributed by atoms with Gasteiger partial charge >= 0.3 is 0 Å². The summed E-state index contributed by atoms with van der Waals surface area (Å²) in [5, 5.41) is 22.3. The molecule has 1 fully saturated rings. The SMILES string of the molecule is CC(O)C1(NC(=O)c2cc(Cl)cc(Cl)c2O)CC1. The van der Waals surface area contributed by atoms with E-state index < -0.39 is 17.6 Å². The first kappa shape index (κ1) is 13.5. The van der Waals surface area contributed by atoms with Crippen LogP contribution in [-0.4, -0.2) is 27.8 Å². The van der Waals surface area contributed by atoms with E-state index in [1.165, 1.54) is 12.1 Å². The van der Waals surface area contributed by atoms with Crippen LogP contribution in [0.2, 0.25) is 10.0 Å². The monoisotopic (exact) mass is 289 g/mol. The van der Waals surface area contributed by atoms with Gasteiger partial charge in [-0.25, -0.2) is 0 Å². The van der Waals surface area contributed by atoms with Crippen LogP contribution in [0.1, 0.15) is 30.1 Å². The predicted octanol–water partition coefficient (Wildman–Crippen LogP) is 2.34. The molecule has 1 aromatic carbocycles. The Bertz CT molecular complexity index is 498. The zero-order chi connectivity index (χ0) is 13.5.